The van der Waals surface area contributed by atoms with Crippen molar-refractivity contribution in [3.05, 3.63) is 47.7 Å². The van der Waals surface area contributed by atoms with Crippen LogP contribution in [0, 0.1) is 5.41 Å². The number of pyridine rings is 1. The minimum Gasteiger partial charge on any atom is -0.384 e. The first-order valence-electron chi connectivity index (χ1n) is 7.12. The van der Waals surface area contributed by atoms with Crippen LogP contribution in [0.4, 0.5) is 0 Å². The molecular formula is C15H19N7O. The molecule has 2 heterocycles. The lowest BCUT2D eigenvalue weighted by Gasteiger charge is -2.14. The van der Waals surface area contributed by atoms with E-state index >= 15 is 0 Å². The number of rotatable bonds is 6. The predicted molar refractivity (Wildman–Crippen MR) is 89.5 cm³/mol. The second-order valence-electron chi connectivity index (χ2n) is 4.75. The largest absolute Gasteiger partial charge is 0.384 e. The Kier molecular flexibility index (Phi) is 5.59. The second-order valence-corrected chi connectivity index (χ2v) is 4.75. The lowest BCUT2D eigenvalue weighted by Crippen LogP contribution is -2.30. The molecular weight excluding hydrogens is 294 g/mol. The van der Waals surface area contributed by atoms with Gasteiger partial charge in [-0.15, -0.1) is 0 Å². The topological polar surface area (TPSA) is 142 Å². The highest BCUT2D eigenvalue weighted by molar-refractivity contribution is 6.21. The van der Waals surface area contributed by atoms with E-state index in [4.69, 9.17) is 16.9 Å². The Bertz CT molecular complexity index is 676. The van der Waals surface area contributed by atoms with Crippen LogP contribution in [-0.2, 0) is 4.79 Å². The summed E-state index contributed by atoms with van der Waals surface area (Å²) in [5.74, 6) is -0.0294. The molecule has 1 aliphatic heterocycles. The number of amides is 1. The summed E-state index contributed by atoms with van der Waals surface area (Å²) >= 11 is 0. The van der Waals surface area contributed by atoms with Crippen molar-refractivity contribution < 1.29 is 4.79 Å². The van der Waals surface area contributed by atoms with Gasteiger partial charge in [0.05, 0.1) is 16.8 Å². The molecule has 0 bridgehead atoms. The highest BCUT2D eigenvalue weighted by Gasteiger charge is 2.16. The van der Waals surface area contributed by atoms with E-state index in [0.29, 0.717) is 42.2 Å². The first-order valence-corrected chi connectivity index (χ1v) is 7.12. The van der Waals surface area contributed by atoms with Gasteiger partial charge in [0, 0.05) is 25.2 Å². The van der Waals surface area contributed by atoms with Gasteiger partial charge in [-0.05, 0) is 25.1 Å². The molecule has 1 aliphatic rings. The van der Waals surface area contributed by atoms with E-state index in [1.807, 2.05) is 0 Å². The molecule has 1 aromatic rings. The number of carbonyl (C=O) groups is 1. The fraction of sp³-hybridized carbons (Fsp3) is 0.200. The SMILES string of the molecule is N=C(N)/C(=C1/N=CC(C(=O)NCCCN)=CN1)c1ccccn1. The molecule has 0 spiro atoms. The van der Waals surface area contributed by atoms with Gasteiger partial charge in [-0.3, -0.25) is 15.2 Å². The number of hydrogen-bond acceptors (Lipinski definition) is 6. The number of nitrogens with one attached hydrogen (secondary N) is 3. The van der Waals surface area contributed by atoms with Crippen LogP contribution in [0.2, 0.25) is 0 Å². The van der Waals surface area contributed by atoms with Gasteiger partial charge in [-0.25, -0.2) is 4.99 Å². The van der Waals surface area contributed by atoms with Gasteiger partial charge in [0.15, 0.2) is 0 Å². The highest BCUT2D eigenvalue weighted by atomic mass is 16.1. The van der Waals surface area contributed by atoms with E-state index in [1.165, 1.54) is 12.4 Å². The van der Waals surface area contributed by atoms with Crippen molar-refractivity contribution in [1.82, 2.24) is 15.6 Å². The zero-order valence-electron chi connectivity index (χ0n) is 12.5. The molecule has 8 heteroatoms. The molecule has 0 unspecified atom stereocenters. The minimum absolute atomic E-state index is 0.160. The van der Waals surface area contributed by atoms with Crippen LogP contribution < -0.4 is 22.1 Å². The summed E-state index contributed by atoms with van der Waals surface area (Å²) in [6.45, 7) is 1.03. The molecule has 8 nitrogen and oxygen atoms in total. The van der Waals surface area contributed by atoms with E-state index < -0.39 is 0 Å². The van der Waals surface area contributed by atoms with Crippen molar-refractivity contribution >= 4 is 23.5 Å². The fourth-order valence-electron chi connectivity index (χ4n) is 1.92. The molecule has 0 fully saturated rings. The Balaban J connectivity index is 2.16. The highest BCUT2D eigenvalue weighted by Crippen LogP contribution is 2.17. The quantitative estimate of drug-likeness (QED) is 0.279. The Labute approximate surface area is 133 Å². The summed E-state index contributed by atoms with van der Waals surface area (Å²) < 4.78 is 0. The van der Waals surface area contributed by atoms with Crippen molar-refractivity contribution in [3.63, 3.8) is 0 Å². The van der Waals surface area contributed by atoms with E-state index in [-0.39, 0.29) is 11.7 Å². The summed E-state index contributed by atoms with van der Waals surface area (Å²) in [4.78, 5) is 20.3. The van der Waals surface area contributed by atoms with Gasteiger partial charge in [-0.2, -0.15) is 0 Å². The van der Waals surface area contributed by atoms with Gasteiger partial charge in [0.25, 0.3) is 5.91 Å². The van der Waals surface area contributed by atoms with Gasteiger partial charge in [0.2, 0.25) is 0 Å². The Hall–Kier alpha value is -3.00. The van der Waals surface area contributed by atoms with Crippen LogP contribution in [0.1, 0.15) is 12.1 Å². The molecule has 0 saturated heterocycles. The third-order valence-corrected chi connectivity index (χ3v) is 3.05. The van der Waals surface area contributed by atoms with Crippen LogP contribution in [0.15, 0.2) is 47.0 Å². The van der Waals surface area contributed by atoms with Crippen molar-refractivity contribution in [2.45, 2.75) is 6.42 Å². The maximum absolute atomic E-state index is 11.9. The first kappa shape index (κ1) is 16.4. The third kappa shape index (κ3) is 4.24. The first-order chi connectivity index (χ1) is 11.1. The standard InChI is InChI=1S/C15H19N7O/c16-5-3-7-20-15(23)10-8-21-14(22-9-10)12(13(17)18)11-4-1-2-6-19-11/h1-2,4,6,8-9,21H,3,5,7,16H2,(H3,17,18)(H,20,23)/b14-12+. The summed E-state index contributed by atoms with van der Waals surface area (Å²) in [6.07, 6.45) is 5.27. The second kappa shape index (κ2) is 7.85. The lowest BCUT2D eigenvalue weighted by atomic mass is 10.1. The maximum Gasteiger partial charge on any atom is 0.254 e. The van der Waals surface area contributed by atoms with Gasteiger partial charge >= 0.3 is 0 Å². The van der Waals surface area contributed by atoms with Crippen molar-refractivity contribution in [1.29, 1.82) is 5.41 Å². The molecule has 0 aliphatic carbocycles. The molecule has 23 heavy (non-hydrogen) atoms. The number of carbonyl (C=O) groups excluding carboxylic acids is 1. The molecule has 7 N–H and O–H groups in total. The lowest BCUT2D eigenvalue weighted by molar-refractivity contribution is -0.117. The average molecular weight is 313 g/mol. The zero-order valence-corrected chi connectivity index (χ0v) is 12.5. The van der Waals surface area contributed by atoms with E-state index in [9.17, 15) is 4.79 Å². The Morgan fingerprint density at radius 2 is 2.22 bits per heavy atom. The van der Waals surface area contributed by atoms with E-state index in [2.05, 4.69) is 20.6 Å². The third-order valence-electron chi connectivity index (χ3n) is 3.05. The molecule has 0 radical (unpaired) electrons. The van der Waals surface area contributed by atoms with Gasteiger partial charge in [-0.1, -0.05) is 6.07 Å². The number of nitrogens with zero attached hydrogens (tertiary/aromatic N) is 2. The predicted octanol–water partition coefficient (Wildman–Crippen LogP) is -0.291. The molecule has 0 atom stereocenters. The minimum atomic E-state index is -0.240. The molecule has 1 amide bonds. The fourth-order valence-corrected chi connectivity index (χ4v) is 1.92. The van der Waals surface area contributed by atoms with Crippen LogP contribution in [0.5, 0.6) is 0 Å². The molecule has 2 rings (SSSR count). The average Bonchev–Trinajstić information content (AvgIpc) is 2.56. The summed E-state index contributed by atoms with van der Waals surface area (Å²) in [6, 6.07) is 5.30. The van der Waals surface area contributed by atoms with Crippen LogP contribution in [0.25, 0.3) is 5.57 Å². The summed E-state index contributed by atoms with van der Waals surface area (Å²) in [7, 11) is 0. The Morgan fingerprint density at radius 3 is 2.78 bits per heavy atom. The Morgan fingerprint density at radius 1 is 1.39 bits per heavy atom. The van der Waals surface area contributed by atoms with Crippen molar-refractivity contribution in [3.8, 4) is 0 Å². The van der Waals surface area contributed by atoms with E-state index in [1.54, 1.807) is 24.4 Å². The van der Waals surface area contributed by atoms with E-state index in [0.717, 1.165) is 0 Å². The smallest absolute Gasteiger partial charge is 0.254 e. The van der Waals surface area contributed by atoms with Crippen molar-refractivity contribution in [2.24, 2.45) is 16.5 Å². The number of aromatic nitrogens is 1. The van der Waals surface area contributed by atoms with Gasteiger partial charge < -0.3 is 22.1 Å². The molecule has 1 aromatic heterocycles. The number of aliphatic imine (C=N–C) groups is 1. The summed E-state index contributed by atoms with van der Waals surface area (Å²) in [5, 5.41) is 13.4. The number of hydrogen-bond donors (Lipinski definition) is 5. The number of amidine groups is 1. The zero-order chi connectivity index (χ0) is 16.7. The molecule has 0 aromatic carbocycles. The molecule has 0 saturated carbocycles. The monoisotopic (exact) mass is 313 g/mol. The van der Waals surface area contributed by atoms with Crippen LogP contribution in [-0.4, -0.2) is 36.0 Å². The summed E-state index contributed by atoms with van der Waals surface area (Å²) in [5.41, 5.74) is 12.3. The maximum atomic E-state index is 11.9. The van der Waals surface area contributed by atoms with Crippen molar-refractivity contribution in [2.75, 3.05) is 13.1 Å². The normalized spacial score (nSPS) is 15.4. The van der Waals surface area contributed by atoms with Crippen LogP contribution >= 0.6 is 0 Å². The molecule has 120 valence electrons. The van der Waals surface area contributed by atoms with Crippen LogP contribution in [0.3, 0.4) is 0 Å². The number of nitrogens with two attached hydrogens (primary N) is 2. The van der Waals surface area contributed by atoms with Gasteiger partial charge in [0.1, 0.15) is 11.7 Å².